The van der Waals surface area contributed by atoms with E-state index in [0.29, 0.717) is 18.0 Å². The molecular formula is C21H35N5O2S. The fourth-order valence-electron chi connectivity index (χ4n) is 3.22. The Labute approximate surface area is 175 Å². The molecule has 0 unspecified atom stereocenters. The first-order chi connectivity index (χ1) is 14.0. The van der Waals surface area contributed by atoms with Gasteiger partial charge in [-0.15, -0.1) is 0 Å². The Kier molecular flexibility index (Phi) is 9.83. The maximum atomic E-state index is 12.8. The number of sulfonamides is 1. The van der Waals surface area contributed by atoms with Gasteiger partial charge in [0.1, 0.15) is 0 Å². The maximum Gasteiger partial charge on any atom is 0.241 e. The van der Waals surface area contributed by atoms with Crippen molar-refractivity contribution in [2.75, 3.05) is 58.3 Å². The number of hydrogen-bond donors (Lipinski definition) is 4. The van der Waals surface area contributed by atoms with E-state index in [2.05, 4.69) is 15.4 Å². The number of unbranched alkanes of at least 4 members (excludes halogenated alkanes) is 1. The number of hydrogen-bond acceptors (Lipinski definition) is 6. The van der Waals surface area contributed by atoms with E-state index in [4.69, 9.17) is 5.73 Å². The van der Waals surface area contributed by atoms with Crippen LogP contribution in [0.15, 0.2) is 41.3 Å². The third-order valence-electron chi connectivity index (χ3n) is 4.74. The Morgan fingerprint density at radius 1 is 0.828 bits per heavy atom. The van der Waals surface area contributed by atoms with Gasteiger partial charge in [0.15, 0.2) is 0 Å². The van der Waals surface area contributed by atoms with Gasteiger partial charge in [-0.2, -0.15) is 0 Å². The molecular weight excluding hydrogens is 386 g/mol. The Hall–Kier alpha value is -1.71. The van der Waals surface area contributed by atoms with Crippen molar-refractivity contribution in [3.8, 4) is 0 Å². The van der Waals surface area contributed by atoms with E-state index in [1.165, 1.54) is 0 Å². The van der Waals surface area contributed by atoms with E-state index in [-0.39, 0.29) is 0 Å². The number of nitrogens with two attached hydrogens (primary N) is 1. The molecule has 0 aliphatic heterocycles. The number of fused-ring (bicyclic) bond motifs is 1. The lowest BCUT2D eigenvalue weighted by Gasteiger charge is -2.17. The quantitative estimate of drug-likeness (QED) is 0.345. The summed E-state index contributed by atoms with van der Waals surface area (Å²) in [6, 6.07) is 11.2. The second-order valence-electron chi connectivity index (χ2n) is 7.27. The minimum absolute atomic E-state index is 0.322. The van der Waals surface area contributed by atoms with Crippen molar-refractivity contribution in [2.45, 2.75) is 24.2 Å². The third kappa shape index (κ3) is 7.24. The fraction of sp³-hybridized carbons (Fsp3) is 0.524. The van der Waals surface area contributed by atoms with Crippen LogP contribution in [0.1, 0.15) is 19.3 Å². The molecule has 2 aromatic rings. The van der Waals surface area contributed by atoms with Crippen molar-refractivity contribution < 1.29 is 8.42 Å². The molecule has 0 fully saturated rings. The molecule has 0 radical (unpaired) electrons. The van der Waals surface area contributed by atoms with Crippen LogP contribution in [-0.2, 0) is 10.0 Å². The second kappa shape index (κ2) is 12.1. The molecule has 0 atom stereocenters. The standard InChI is InChI=1S/C21H35N5O2S/c1-26(2)20-10-5-9-19-18(20)8-6-11-21(19)29(27,28)25-17-16-24-14-4-3-13-23-15-7-12-22/h5-6,8-11,23-25H,3-4,7,12-17,22H2,1-2H3. The summed E-state index contributed by atoms with van der Waals surface area (Å²) in [7, 11) is 0.341. The summed E-state index contributed by atoms with van der Waals surface area (Å²) in [5, 5.41) is 8.31. The average Bonchev–Trinajstić information content (AvgIpc) is 2.71. The number of nitrogens with one attached hydrogen (secondary N) is 3. The van der Waals surface area contributed by atoms with E-state index in [1.807, 2.05) is 43.3 Å². The molecule has 162 valence electrons. The Morgan fingerprint density at radius 2 is 1.45 bits per heavy atom. The van der Waals surface area contributed by atoms with Gasteiger partial charge in [0.2, 0.25) is 10.0 Å². The molecule has 8 heteroatoms. The van der Waals surface area contributed by atoms with Crippen LogP contribution in [0.4, 0.5) is 5.69 Å². The van der Waals surface area contributed by atoms with Crippen molar-refractivity contribution in [1.29, 1.82) is 0 Å². The van der Waals surface area contributed by atoms with E-state index in [0.717, 1.165) is 61.9 Å². The lowest BCUT2D eigenvalue weighted by atomic mass is 10.1. The predicted octanol–water partition coefficient (Wildman–Crippen LogP) is 1.49. The van der Waals surface area contributed by atoms with Gasteiger partial charge in [0.05, 0.1) is 4.90 Å². The summed E-state index contributed by atoms with van der Waals surface area (Å²) >= 11 is 0. The molecule has 0 amide bonds. The Balaban J connectivity index is 1.81. The van der Waals surface area contributed by atoms with Crippen LogP contribution in [-0.4, -0.2) is 61.8 Å². The second-order valence-corrected chi connectivity index (χ2v) is 9.01. The molecule has 29 heavy (non-hydrogen) atoms. The highest BCUT2D eigenvalue weighted by atomic mass is 32.2. The first kappa shape index (κ1) is 23.6. The van der Waals surface area contributed by atoms with Crippen LogP contribution in [0.25, 0.3) is 10.8 Å². The molecule has 0 aromatic heterocycles. The van der Waals surface area contributed by atoms with Crippen LogP contribution in [0.2, 0.25) is 0 Å². The van der Waals surface area contributed by atoms with Gasteiger partial charge in [-0.25, -0.2) is 13.1 Å². The van der Waals surface area contributed by atoms with E-state index >= 15 is 0 Å². The minimum Gasteiger partial charge on any atom is -0.377 e. The molecule has 5 N–H and O–H groups in total. The number of benzene rings is 2. The van der Waals surface area contributed by atoms with Crippen molar-refractivity contribution in [1.82, 2.24) is 15.4 Å². The molecule has 7 nitrogen and oxygen atoms in total. The summed E-state index contributed by atoms with van der Waals surface area (Å²) in [5.41, 5.74) is 6.45. The molecule has 0 saturated heterocycles. The largest absolute Gasteiger partial charge is 0.377 e. The van der Waals surface area contributed by atoms with E-state index in [1.54, 1.807) is 12.1 Å². The monoisotopic (exact) mass is 421 g/mol. The number of rotatable bonds is 14. The van der Waals surface area contributed by atoms with Gasteiger partial charge in [-0.1, -0.05) is 24.3 Å². The van der Waals surface area contributed by atoms with Crippen molar-refractivity contribution >= 4 is 26.5 Å². The van der Waals surface area contributed by atoms with Gasteiger partial charge in [0.25, 0.3) is 0 Å². The van der Waals surface area contributed by atoms with Crippen LogP contribution in [0, 0.1) is 0 Å². The van der Waals surface area contributed by atoms with Gasteiger partial charge in [0, 0.05) is 43.6 Å². The van der Waals surface area contributed by atoms with Gasteiger partial charge >= 0.3 is 0 Å². The van der Waals surface area contributed by atoms with Crippen molar-refractivity contribution in [3.05, 3.63) is 36.4 Å². The van der Waals surface area contributed by atoms with Gasteiger partial charge in [-0.3, -0.25) is 0 Å². The summed E-state index contributed by atoms with van der Waals surface area (Å²) in [6.07, 6.45) is 3.15. The smallest absolute Gasteiger partial charge is 0.241 e. The highest BCUT2D eigenvalue weighted by Crippen LogP contribution is 2.29. The first-order valence-electron chi connectivity index (χ1n) is 10.3. The summed E-state index contributed by atoms with van der Waals surface area (Å²) in [4.78, 5) is 2.31. The molecule has 0 aliphatic rings. The fourth-order valence-corrected chi connectivity index (χ4v) is 4.47. The van der Waals surface area contributed by atoms with Crippen molar-refractivity contribution in [2.24, 2.45) is 5.73 Å². The maximum absolute atomic E-state index is 12.8. The van der Waals surface area contributed by atoms with Crippen LogP contribution in [0.5, 0.6) is 0 Å². The summed E-state index contributed by atoms with van der Waals surface area (Å²) in [5.74, 6) is 0. The highest BCUT2D eigenvalue weighted by Gasteiger charge is 2.17. The molecule has 0 bridgehead atoms. The number of nitrogens with zero attached hydrogens (tertiary/aromatic N) is 1. The molecule has 0 aliphatic carbocycles. The topological polar surface area (TPSA) is 99.5 Å². The lowest BCUT2D eigenvalue weighted by Crippen LogP contribution is -2.32. The zero-order valence-corrected chi connectivity index (χ0v) is 18.4. The Morgan fingerprint density at radius 3 is 2.14 bits per heavy atom. The van der Waals surface area contributed by atoms with Crippen LogP contribution < -0.4 is 26.0 Å². The summed E-state index contributed by atoms with van der Waals surface area (Å²) in [6.45, 7) is 4.52. The van der Waals surface area contributed by atoms with Crippen molar-refractivity contribution in [3.63, 3.8) is 0 Å². The zero-order valence-electron chi connectivity index (χ0n) is 17.6. The normalized spacial score (nSPS) is 11.8. The zero-order chi connectivity index (χ0) is 21.1. The number of anilines is 1. The Bertz CT molecular complexity index is 855. The predicted molar refractivity (Wildman–Crippen MR) is 122 cm³/mol. The van der Waals surface area contributed by atoms with Crippen LogP contribution in [0.3, 0.4) is 0 Å². The molecule has 0 spiro atoms. The minimum atomic E-state index is -3.57. The molecule has 2 rings (SSSR count). The molecule has 2 aromatic carbocycles. The van der Waals surface area contributed by atoms with E-state index < -0.39 is 10.0 Å². The lowest BCUT2D eigenvalue weighted by molar-refractivity contribution is 0.563. The highest BCUT2D eigenvalue weighted by molar-refractivity contribution is 7.89. The van der Waals surface area contributed by atoms with Gasteiger partial charge in [-0.05, 0) is 57.6 Å². The molecule has 0 heterocycles. The molecule has 0 saturated carbocycles. The third-order valence-corrected chi connectivity index (χ3v) is 6.26. The van der Waals surface area contributed by atoms with Crippen LogP contribution >= 0.6 is 0 Å². The SMILES string of the molecule is CN(C)c1cccc2c(S(=O)(=O)NCCNCCCCNCCCN)cccc12. The summed E-state index contributed by atoms with van der Waals surface area (Å²) < 4.78 is 28.3. The average molecular weight is 422 g/mol. The van der Waals surface area contributed by atoms with E-state index in [9.17, 15) is 8.42 Å². The first-order valence-corrected chi connectivity index (χ1v) is 11.8. The van der Waals surface area contributed by atoms with Gasteiger partial charge < -0.3 is 21.3 Å².